The normalized spacial score (nSPS) is 16.7. The van der Waals surface area contributed by atoms with Crippen LogP contribution in [0.3, 0.4) is 0 Å². The zero-order valence-electron chi connectivity index (χ0n) is 21.1. The van der Waals surface area contributed by atoms with Crippen molar-refractivity contribution < 1.29 is 38.1 Å². The highest BCUT2D eigenvalue weighted by atomic mass is 16.5. The number of aromatic hydroxyl groups is 1. The van der Waals surface area contributed by atoms with Gasteiger partial charge in [0.25, 0.3) is 0 Å². The molecule has 5 rings (SSSR count). The quantitative estimate of drug-likeness (QED) is 0.278. The van der Waals surface area contributed by atoms with E-state index in [1.54, 1.807) is 42.6 Å². The average molecular weight is 518 g/mol. The lowest BCUT2D eigenvalue weighted by Gasteiger charge is -2.25. The van der Waals surface area contributed by atoms with E-state index in [1.165, 1.54) is 26.2 Å². The van der Waals surface area contributed by atoms with Crippen LogP contribution in [0.15, 0.2) is 64.9 Å². The van der Waals surface area contributed by atoms with Crippen LogP contribution in [0.1, 0.15) is 51.3 Å². The van der Waals surface area contributed by atoms with E-state index in [2.05, 4.69) is 0 Å². The third-order valence-electron chi connectivity index (χ3n) is 6.69. The number of nitrogens with zero attached hydrogens (tertiary/aromatic N) is 1. The molecule has 0 bridgehead atoms. The van der Waals surface area contributed by atoms with Crippen LogP contribution >= 0.6 is 0 Å². The van der Waals surface area contributed by atoms with E-state index in [9.17, 15) is 19.5 Å². The van der Waals surface area contributed by atoms with Crippen LogP contribution in [0.5, 0.6) is 11.5 Å². The van der Waals surface area contributed by atoms with Crippen LogP contribution in [0.25, 0.3) is 11.3 Å². The maximum Gasteiger partial charge on any atom is 0.306 e. The van der Waals surface area contributed by atoms with Crippen molar-refractivity contribution in [3.8, 4) is 22.8 Å². The summed E-state index contributed by atoms with van der Waals surface area (Å²) in [6.07, 6.45) is 1.51. The number of rotatable bonds is 7. The summed E-state index contributed by atoms with van der Waals surface area (Å²) in [5.74, 6) is -0.587. The second kappa shape index (κ2) is 10.5. The zero-order chi connectivity index (χ0) is 26.8. The van der Waals surface area contributed by atoms with E-state index in [0.29, 0.717) is 49.0 Å². The fraction of sp³-hybridized carbons (Fsp3) is 0.276. The number of methoxy groups -OCH3 is 1. The Bertz CT molecular complexity index is 1410. The first-order valence-corrected chi connectivity index (χ1v) is 12.3. The van der Waals surface area contributed by atoms with Gasteiger partial charge in [-0.1, -0.05) is 24.3 Å². The second-order valence-electron chi connectivity index (χ2n) is 9.12. The SMILES string of the molecule is COC(=O)CC(c1ccc(-c2ccc(C(C)=O)cc2)o1)c1c(O)ccc2c1OC(=CN1CCOCC1)C2=O. The number of esters is 1. The van der Waals surface area contributed by atoms with Gasteiger partial charge >= 0.3 is 5.97 Å². The van der Waals surface area contributed by atoms with E-state index in [4.69, 9.17) is 18.6 Å². The number of hydrogen-bond donors (Lipinski definition) is 1. The molecule has 3 aromatic rings. The Morgan fingerprint density at radius 3 is 2.50 bits per heavy atom. The molecule has 1 saturated heterocycles. The number of benzene rings is 2. The van der Waals surface area contributed by atoms with E-state index < -0.39 is 11.9 Å². The van der Waals surface area contributed by atoms with Gasteiger partial charge in [-0.15, -0.1) is 0 Å². The molecule has 196 valence electrons. The van der Waals surface area contributed by atoms with Gasteiger partial charge < -0.3 is 28.6 Å². The number of phenolic OH excluding ortho intramolecular Hbond substituents is 1. The van der Waals surface area contributed by atoms with Gasteiger partial charge in [-0.2, -0.15) is 0 Å². The highest BCUT2D eigenvalue weighted by molar-refractivity contribution is 6.12. The molecule has 2 aliphatic rings. The average Bonchev–Trinajstić information content (AvgIpc) is 3.53. The molecule has 9 heteroatoms. The van der Waals surface area contributed by atoms with Crippen LogP contribution < -0.4 is 4.74 Å². The van der Waals surface area contributed by atoms with Gasteiger partial charge in [-0.25, -0.2) is 0 Å². The lowest BCUT2D eigenvalue weighted by atomic mass is 9.90. The molecular formula is C29H27NO8. The fourth-order valence-corrected chi connectivity index (χ4v) is 4.62. The molecule has 38 heavy (non-hydrogen) atoms. The van der Waals surface area contributed by atoms with Crippen molar-refractivity contribution in [1.82, 2.24) is 4.90 Å². The Balaban J connectivity index is 1.53. The van der Waals surface area contributed by atoms with Gasteiger partial charge in [-0.05, 0) is 31.2 Å². The molecule has 3 heterocycles. The maximum atomic E-state index is 13.2. The number of carbonyl (C=O) groups is 3. The predicted octanol–water partition coefficient (Wildman–Crippen LogP) is 4.30. The van der Waals surface area contributed by atoms with Gasteiger partial charge in [0.15, 0.2) is 11.5 Å². The summed E-state index contributed by atoms with van der Waals surface area (Å²) in [7, 11) is 1.28. The topological polar surface area (TPSA) is 116 Å². The minimum absolute atomic E-state index is 0.0418. The molecular weight excluding hydrogens is 490 g/mol. The number of morpholine rings is 1. The zero-order valence-corrected chi connectivity index (χ0v) is 21.1. The summed E-state index contributed by atoms with van der Waals surface area (Å²) >= 11 is 0. The lowest BCUT2D eigenvalue weighted by Crippen LogP contribution is -2.32. The molecule has 0 radical (unpaired) electrons. The van der Waals surface area contributed by atoms with Crippen LogP contribution in [0, 0.1) is 0 Å². The molecule has 0 saturated carbocycles. The molecule has 9 nitrogen and oxygen atoms in total. The molecule has 1 atom stereocenters. The molecule has 2 aliphatic heterocycles. The largest absolute Gasteiger partial charge is 0.508 e. The second-order valence-corrected chi connectivity index (χ2v) is 9.12. The minimum Gasteiger partial charge on any atom is -0.508 e. The summed E-state index contributed by atoms with van der Waals surface area (Å²) in [6.45, 7) is 3.85. The van der Waals surface area contributed by atoms with Gasteiger partial charge in [0.2, 0.25) is 5.78 Å². The van der Waals surface area contributed by atoms with Gasteiger partial charge in [-0.3, -0.25) is 14.4 Å². The first-order chi connectivity index (χ1) is 18.4. The number of allylic oxidation sites excluding steroid dienone is 1. The smallest absolute Gasteiger partial charge is 0.306 e. The summed E-state index contributed by atoms with van der Waals surface area (Å²) < 4.78 is 22.5. The lowest BCUT2D eigenvalue weighted by molar-refractivity contribution is -0.140. The third kappa shape index (κ3) is 4.92. The summed E-state index contributed by atoms with van der Waals surface area (Å²) in [4.78, 5) is 39.2. The Labute approximate surface area is 219 Å². The standard InChI is InChI=1S/C29H27NO8/c1-17(31)18-3-5-19(6-4-18)23-9-10-24(37-23)21(15-26(33)35-2)27-22(32)8-7-20-28(34)25(38-29(20)27)16-30-11-13-36-14-12-30/h3-10,16,21,32H,11-15H2,1-2H3. The summed E-state index contributed by atoms with van der Waals surface area (Å²) in [5, 5.41) is 10.9. The molecule has 0 amide bonds. The molecule has 1 unspecified atom stereocenters. The number of Topliss-reactive ketones (excluding diaryl/α,β-unsaturated/α-hetero) is 2. The fourth-order valence-electron chi connectivity index (χ4n) is 4.62. The van der Waals surface area contributed by atoms with Crippen LogP contribution in [-0.4, -0.2) is 61.0 Å². The van der Waals surface area contributed by atoms with Crippen LogP contribution in [0.4, 0.5) is 0 Å². The Morgan fingerprint density at radius 1 is 1.08 bits per heavy atom. The van der Waals surface area contributed by atoms with Crippen molar-refractivity contribution in [3.05, 3.63) is 82.9 Å². The predicted molar refractivity (Wildman–Crippen MR) is 136 cm³/mol. The Hall–Kier alpha value is -4.37. The molecule has 0 aliphatic carbocycles. The van der Waals surface area contributed by atoms with Gasteiger partial charge in [0.1, 0.15) is 23.0 Å². The molecule has 1 fully saturated rings. The maximum absolute atomic E-state index is 13.2. The van der Waals surface area contributed by atoms with Crippen molar-refractivity contribution in [2.24, 2.45) is 0 Å². The minimum atomic E-state index is -0.793. The number of ether oxygens (including phenoxy) is 3. The first-order valence-electron chi connectivity index (χ1n) is 12.3. The van der Waals surface area contributed by atoms with E-state index in [-0.39, 0.29) is 40.8 Å². The van der Waals surface area contributed by atoms with E-state index in [1.807, 2.05) is 4.90 Å². The van der Waals surface area contributed by atoms with E-state index in [0.717, 1.165) is 5.56 Å². The molecule has 1 aromatic heterocycles. The molecule has 0 spiro atoms. The van der Waals surface area contributed by atoms with Crippen molar-refractivity contribution >= 4 is 17.5 Å². The van der Waals surface area contributed by atoms with Crippen LogP contribution in [-0.2, 0) is 14.3 Å². The number of phenols is 1. The summed E-state index contributed by atoms with van der Waals surface area (Å²) in [5.41, 5.74) is 1.87. The van der Waals surface area contributed by atoms with Crippen LogP contribution in [0.2, 0.25) is 0 Å². The molecule has 2 aromatic carbocycles. The summed E-state index contributed by atoms with van der Waals surface area (Å²) in [6, 6.07) is 13.4. The van der Waals surface area contributed by atoms with Crippen molar-refractivity contribution in [1.29, 1.82) is 0 Å². The Morgan fingerprint density at radius 2 is 1.82 bits per heavy atom. The van der Waals surface area contributed by atoms with Crippen molar-refractivity contribution in [3.63, 3.8) is 0 Å². The number of hydrogen-bond acceptors (Lipinski definition) is 9. The number of carbonyl (C=O) groups excluding carboxylic acids is 3. The van der Waals surface area contributed by atoms with E-state index >= 15 is 0 Å². The number of ketones is 2. The highest BCUT2D eigenvalue weighted by Gasteiger charge is 2.37. The highest BCUT2D eigenvalue weighted by Crippen LogP contribution is 2.47. The monoisotopic (exact) mass is 517 g/mol. The van der Waals surface area contributed by atoms with Crippen molar-refractivity contribution in [2.75, 3.05) is 33.4 Å². The number of fused-ring (bicyclic) bond motifs is 1. The van der Waals surface area contributed by atoms with Crippen molar-refractivity contribution in [2.45, 2.75) is 19.3 Å². The van der Waals surface area contributed by atoms with Gasteiger partial charge in [0.05, 0.1) is 38.2 Å². The van der Waals surface area contributed by atoms with Gasteiger partial charge in [0, 0.05) is 36.0 Å². The molecule has 1 N–H and O–H groups in total. The third-order valence-corrected chi connectivity index (χ3v) is 6.69. The first kappa shape index (κ1) is 25.3. The number of furan rings is 1. The Kier molecular flexibility index (Phi) is 7.02.